The lowest BCUT2D eigenvalue weighted by molar-refractivity contribution is 0.270. The van der Waals surface area contributed by atoms with Crippen molar-refractivity contribution in [3.8, 4) is 0 Å². The van der Waals surface area contributed by atoms with Crippen LogP contribution in [0.5, 0.6) is 0 Å². The Balaban J connectivity index is 2.61. The SMILES string of the molecule is CCCC(C)(CNCC(C)C)Cc1ccc(F)cc1. The van der Waals surface area contributed by atoms with Crippen molar-refractivity contribution >= 4 is 0 Å². The van der Waals surface area contributed by atoms with E-state index in [0.29, 0.717) is 5.92 Å². The summed E-state index contributed by atoms with van der Waals surface area (Å²) >= 11 is 0. The summed E-state index contributed by atoms with van der Waals surface area (Å²) in [7, 11) is 0. The molecule has 0 saturated carbocycles. The minimum absolute atomic E-state index is 0.154. The van der Waals surface area contributed by atoms with Gasteiger partial charge in [0.1, 0.15) is 5.82 Å². The Morgan fingerprint density at radius 1 is 1.21 bits per heavy atom. The molecule has 1 nitrogen and oxygen atoms in total. The van der Waals surface area contributed by atoms with Crippen LogP contribution in [0.25, 0.3) is 0 Å². The van der Waals surface area contributed by atoms with Crippen LogP contribution in [0.1, 0.15) is 46.1 Å². The van der Waals surface area contributed by atoms with Crippen LogP contribution in [0.4, 0.5) is 4.39 Å². The topological polar surface area (TPSA) is 12.0 Å². The summed E-state index contributed by atoms with van der Waals surface area (Å²) in [6, 6.07) is 6.93. The van der Waals surface area contributed by atoms with E-state index in [1.54, 1.807) is 12.1 Å². The molecule has 0 spiro atoms. The quantitative estimate of drug-likeness (QED) is 0.733. The molecule has 1 aromatic rings. The van der Waals surface area contributed by atoms with Crippen molar-refractivity contribution in [3.05, 3.63) is 35.6 Å². The van der Waals surface area contributed by atoms with Gasteiger partial charge in [-0.05, 0) is 48.4 Å². The van der Waals surface area contributed by atoms with Gasteiger partial charge in [0, 0.05) is 6.54 Å². The van der Waals surface area contributed by atoms with Gasteiger partial charge < -0.3 is 5.32 Å². The van der Waals surface area contributed by atoms with E-state index >= 15 is 0 Å². The summed E-state index contributed by atoms with van der Waals surface area (Å²) in [4.78, 5) is 0. The maximum absolute atomic E-state index is 12.9. The lowest BCUT2D eigenvalue weighted by Gasteiger charge is -2.30. The lowest BCUT2D eigenvalue weighted by Crippen LogP contribution is -2.35. The summed E-state index contributed by atoms with van der Waals surface area (Å²) in [5.41, 5.74) is 1.48. The minimum atomic E-state index is -0.154. The highest BCUT2D eigenvalue weighted by Crippen LogP contribution is 2.27. The van der Waals surface area contributed by atoms with E-state index in [9.17, 15) is 4.39 Å². The molecule has 0 aliphatic heterocycles. The van der Waals surface area contributed by atoms with Gasteiger partial charge >= 0.3 is 0 Å². The second kappa shape index (κ2) is 7.64. The van der Waals surface area contributed by atoms with Gasteiger partial charge in [-0.1, -0.05) is 46.2 Å². The molecule has 1 N–H and O–H groups in total. The Morgan fingerprint density at radius 3 is 2.37 bits per heavy atom. The van der Waals surface area contributed by atoms with Crippen molar-refractivity contribution in [2.75, 3.05) is 13.1 Å². The highest BCUT2D eigenvalue weighted by Gasteiger charge is 2.23. The van der Waals surface area contributed by atoms with Crippen LogP contribution in [0.2, 0.25) is 0 Å². The van der Waals surface area contributed by atoms with Crippen molar-refractivity contribution in [1.82, 2.24) is 5.32 Å². The maximum Gasteiger partial charge on any atom is 0.123 e. The molecule has 0 aromatic heterocycles. The van der Waals surface area contributed by atoms with Gasteiger partial charge in [-0.3, -0.25) is 0 Å². The molecule has 1 aromatic carbocycles. The predicted molar refractivity (Wildman–Crippen MR) is 80.8 cm³/mol. The molecule has 0 radical (unpaired) electrons. The maximum atomic E-state index is 12.9. The summed E-state index contributed by atoms with van der Waals surface area (Å²) < 4.78 is 12.9. The Bertz CT molecular complexity index is 358. The molecule has 1 rings (SSSR count). The van der Waals surface area contributed by atoms with E-state index in [0.717, 1.165) is 19.5 Å². The summed E-state index contributed by atoms with van der Waals surface area (Å²) in [6.45, 7) is 11.1. The Morgan fingerprint density at radius 2 is 1.84 bits per heavy atom. The summed E-state index contributed by atoms with van der Waals surface area (Å²) in [6.07, 6.45) is 3.38. The van der Waals surface area contributed by atoms with Crippen molar-refractivity contribution in [2.45, 2.75) is 47.0 Å². The first kappa shape index (κ1) is 16.2. The molecule has 19 heavy (non-hydrogen) atoms. The van der Waals surface area contributed by atoms with Crippen LogP contribution in [-0.2, 0) is 6.42 Å². The molecule has 0 amide bonds. The van der Waals surface area contributed by atoms with Gasteiger partial charge in [-0.15, -0.1) is 0 Å². The van der Waals surface area contributed by atoms with Crippen molar-refractivity contribution in [3.63, 3.8) is 0 Å². The van der Waals surface area contributed by atoms with Gasteiger partial charge in [0.05, 0.1) is 0 Å². The van der Waals surface area contributed by atoms with Crippen LogP contribution in [0.3, 0.4) is 0 Å². The fourth-order valence-electron chi connectivity index (χ4n) is 2.60. The molecule has 0 heterocycles. The zero-order valence-electron chi connectivity index (χ0n) is 12.8. The fourth-order valence-corrected chi connectivity index (χ4v) is 2.60. The first-order chi connectivity index (χ1) is 8.95. The predicted octanol–water partition coefficient (Wildman–Crippen LogP) is 4.42. The third-order valence-corrected chi connectivity index (χ3v) is 3.50. The Labute approximate surface area is 117 Å². The molecule has 2 heteroatoms. The second-order valence-corrected chi connectivity index (χ2v) is 6.39. The third-order valence-electron chi connectivity index (χ3n) is 3.50. The van der Waals surface area contributed by atoms with Crippen LogP contribution < -0.4 is 5.32 Å². The normalized spacial score (nSPS) is 14.6. The van der Waals surface area contributed by atoms with Crippen LogP contribution in [0.15, 0.2) is 24.3 Å². The van der Waals surface area contributed by atoms with Gasteiger partial charge in [-0.2, -0.15) is 0 Å². The van der Waals surface area contributed by atoms with E-state index in [1.165, 1.54) is 18.4 Å². The van der Waals surface area contributed by atoms with E-state index in [1.807, 2.05) is 12.1 Å². The molecule has 0 saturated heterocycles. The minimum Gasteiger partial charge on any atom is -0.316 e. The molecule has 0 fully saturated rings. The monoisotopic (exact) mass is 265 g/mol. The molecule has 0 aliphatic rings. The molecular formula is C17H28FN. The summed E-state index contributed by atoms with van der Waals surface area (Å²) in [5, 5.41) is 3.57. The van der Waals surface area contributed by atoms with Crippen LogP contribution in [0, 0.1) is 17.2 Å². The summed E-state index contributed by atoms with van der Waals surface area (Å²) in [5.74, 6) is 0.524. The number of rotatable bonds is 8. The largest absolute Gasteiger partial charge is 0.316 e. The molecule has 0 aliphatic carbocycles. The Kier molecular flexibility index (Phi) is 6.50. The number of hydrogen-bond donors (Lipinski definition) is 1. The average molecular weight is 265 g/mol. The number of nitrogens with one attached hydrogen (secondary N) is 1. The van der Waals surface area contributed by atoms with Gasteiger partial charge in [0.15, 0.2) is 0 Å². The van der Waals surface area contributed by atoms with E-state index in [-0.39, 0.29) is 11.2 Å². The number of halogens is 1. The zero-order valence-corrected chi connectivity index (χ0v) is 12.8. The van der Waals surface area contributed by atoms with Crippen LogP contribution >= 0.6 is 0 Å². The zero-order chi connectivity index (χ0) is 14.3. The number of hydrogen-bond acceptors (Lipinski definition) is 1. The van der Waals surface area contributed by atoms with Crippen molar-refractivity contribution in [2.24, 2.45) is 11.3 Å². The molecular weight excluding hydrogens is 237 g/mol. The van der Waals surface area contributed by atoms with Crippen molar-refractivity contribution in [1.29, 1.82) is 0 Å². The molecule has 108 valence electrons. The molecule has 0 bridgehead atoms. The van der Waals surface area contributed by atoms with E-state index < -0.39 is 0 Å². The van der Waals surface area contributed by atoms with Gasteiger partial charge in [0.2, 0.25) is 0 Å². The van der Waals surface area contributed by atoms with E-state index in [2.05, 4.69) is 33.0 Å². The van der Waals surface area contributed by atoms with E-state index in [4.69, 9.17) is 0 Å². The highest BCUT2D eigenvalue weighted by atomic mass is 19.1. The van der Waals surface area contributed by atoms with Crippen LogP contribution in [-0.4, -0.2) is 13.1 Å². The van der Waals surface area contributed by atoms with Gasteiger partial charge in [-0.25, -0.2) is 4.39 Å². The number of benzene rings is 1. The third kappa shape index (κ3) is 6.20. The lowest BCUT2D eigenvalue weighted by atomic mass is 9.79. The van der Waals surface area contributed by atoms with Crippen molar-refractivity contribution < 1.29 is 4.39 Å². The fraction of sp³-hybridized carbons (Fsp3) is 0.647. The average Bonchev–Trinajstić information content (AvgIpc) is 2.32. The molecule has 1 unspecified atom stereocenters. The molecule has 1 atom stereocenters. The van der Waals surface area contributed by atoms with Gasteiger partial charge in [0.25, 0.3) is 0 Å². The Hall–Kier alpha value is -0.890. The second-order valence-electron chi connectivity index (χ2n) is 6.39. The first-order valence-corrected chi connectivity index (χ1v) is 7.40. The highest BCUT2D eigenvalue weighted by molar-refractivity contribution is 5.17. The first-order valence-electron chi connectivity index (χ1n) is 7.40. The standard InChI is InChI=1S/C17H28FN/c1-5-10-17(4,13-19-12-14(2)3)11-15-6-8-16(18)9-7-15/h6-9,14,19H,5,10-13H2,1-4H3. The smallest absolute Gasteiger partial charge is 0.123 e.